The van der Waals surface area contributed by atoms with Gasteiger partial charge in [-0.25, -0.2) is 4.98 Å². The Morgan fingerprint density at radius 1 is 0.909 bits per heavy atom. The van der Waals surface area contributed by atoms with Gasteiger partial charge in [0, 0.05) is 41.6 Å². The Labute approximate surface area is 135 Å². The first-order valence-corrected chi connectivity index (χ1v) is 7.55. The van der Waals surface area contributed by atoms with Crippen LogP contribution in [0.25, 0.3) is 11.1 Å². The van der Waals surface area contributed by atoms with Gasteiger partial charge in [0.25, 0.3) is 0 Å². The maximum atomic E-state index is 6.01. The van der Waals surface area contributed by atoms with E-state index in [-0.39, 0.29) is 0 Å². The van der Waals surface area contributed by atoms with Gasteiger partial charge in [0.1, 0.15) is 5.82 Å². The molecule has 3 aromatic rings. The Balaban J connectivity index is 1.60. The van der Waals surface area contributed by atoms with Gasteiger partial charge in [-0.15, -0.1) is 0 Å². The highest BCUT2D eigenvalue weighted by Gasteiger charge is 2.00. The fraction of sp³-hybridized carbons (Fsp3) is 0.111. The summed E-state index contributed by atoms with van der Waals surface area (Å²) in [5, 5.41) is 4.04. The Morgan fingerprint density at radius 2 is 1.86 bits per heavy atom. The van der Waals surface area contributed by atoms with Crippen LogP contribution >= 0.6 is 11.6 Å². The van der Waals surface area contributed by atoms with Crippen molar-refractivity contribution in [1.29, 1.82) is 0 Å². The number of rotatable bonds is 5. The lowest BCUT2D eigenvalue weighted by molar-refractivity contribution is 0.954. The molecular weight excluding hydrogens is 294 g/mol. The van der Waals surface area contributed by atoms with E-state index in [2.05, 4.69) is 15.3 Å². The van der Waals surface area contributed by atoms with Crippen LogP contribution in [0.5, 0.6) is 0 Å². The van der Waals surface area contributed by atoms with E-state index in [9.17, 15) is 0 Å². The fourth-order valence-electron chi connectivity index (χ4n) is 2.20. The molecule has 0 atom stereocenters. The van der Waals surface area contributed by atoms with E-state index in [1.54, 1.807) is 0 Å². The molecule has 0 aliphatic rings. The minimum Gasteiger partial charge on any atom is -0.370 e. The molecule has 0 aliphatic carbocycles. The number of benzene rings is 1. The highest BCUT2D eigenvalue weighted by molar-refractivity contribution is 6.30. The van der Waals surface area contributed by atoms with Crippen LogP contribution in [0.1, 0.15) is 5.69 Å². The first-order chi connectivity index (χ1) is 10.8. The average molecular weight is 310 g/mol. The number of aromatic nitrogens is 2. The zero-order valence-corrected chi connectivity index (χ0v) is 12.8. The van der Waals surface area contributed by atoms with Crippen molar-refractivity contribution in [3.63, 3.8) is 0 Å². The van der Waals surface area contributed by atoms with Crippen molar-refractivity contribution in [1.82, 2.24) is 9.97 Å². The molecule has 3 rings (SSSR count). The summed E-state index contributed by atoms with van der Waals surface area (Å²) in [7, 11) is 0. The minimum absolute atomic E-state index is 0.732. The van der Waals surface area contributed by atoms with E-state index >= 15 is 0 Å². The lowest BCUT2D eigenvalue weighted by Crippen LogP contribution is -2.06. The fourth-order valence-corrected chi connectivity index (χ4v) is 2.39. The second kappa shape index (κ2) is 7.05. The molecule has 0 aliphatic heterocycles. The standard InChI is InChI=1S/C18H16ClN3/c19-16-5-3-4-14(12-16)15-7-8-18(22-13-15)21-11-9-17-6-1-2-10-20-17/h1-8,10,12-13H,9,11H2,(H,21,22). The van der Waals surface area contributed by atoms with Crippen LogP contribution in [0.15, 0.2) is 67.0 Å². The molecule has 2 aromatic heterocycles. The second-order valence-electron chi connectivity index (χ2n) is 4.94. The lowest BCUT2D eigenvalue weighted by Gasteiger charge is -2.07. The Morgan fingerprint density at radius 3 is 2.59 bits per heavy atom. The van der Waals surface area contributed by atoms with Crippen LogP contribution in [-0.2, 0) is 6.42 Å². The predicted molar refractivity (Wildman–Crippen MR) is 91.1 cm³/mol. The highest BCUT2D eigenvalue weighted by atomic mass is 35.5. The lowest BCUT2D eigenvalue weighted by atomic mass is 10.1. The third-order valence-electron chi connectivity index (χ3n) is 3.33. The van der Waals surface area contributed by atoms with Gasteiger partial charge in [-0.3, -0.25) is 4.98 Å². The van der Waals surface area contributed by atoms with Crippen LogP contribution in [-0.4, -0.2) is 16.5 Å². The van der Waals surface area contributed by atoms with E-state index in [0.29, 0.717) is 0 Å². The van der Waals surface area contributed by atoms with Crippen LogP contribution in [0.4, 0.5) is 5.82 Å². The molecule has 1 aromatic carbocycles. The molecule has 4 heteroatoms. The largest absolute Gasteiger partial charge is 0.370 e. The van der Waals surface area contributed by atoms with Crippen molar-refractivity contribution in [2.75, 3.05) is 11.9 Å². The molecule has 0 saturated carbocycles. The SMILES string of the molecule is Clc1cccc(-c2ccc(NCCc3ccccn3)nc2)c1. The van der Waals surface area contributed by atoms with Crippen LogP contribution in [0, 0.1) is 0 Å². The number of nitrogens with zero attached hydrogens (tertiary/aromatic N) is 2. The monoisotopic (exact) mass is 309 g/mol. The molecule has 0 saturated heterocycles. The Kier molecular flexibility index (Phi) is 4.66. The minimum atomic E-state index is 0.732. The summed E-state index contributed by atoms with van der Waals surface area (Å²) < 4.78 is 0. The molecule has 0 amide bonds. The maximum Gasteiger partial charge on any atom is 0.125 e. The molecule has 3 nitrogen and oxygen atoms in total. The van der Waals surface area contributed by atoms with Gasteiger partial charge >= 0.3 is 0 Å². The summed E-state index contributed by atoms with van der Waals surface area (Å²) in [6, 6.07) is 17.7. The van der Waals surface area contributed by atoms with Gasteiger partial charge in [0.2, 0.25) is 0 Å². The summed E-state index contributed by atoms with van der Waals surface area (Å²) in [5.41, 5.74) is 3.20. The van der Waals surface area contributed by atoms with Gasteiger partial charge in [-0.1, -0.05) is 29.8 Å². The van der Waals surface area contributed by atoms with Crippen molar-refractivity contribution >= 4 is 17.4 Å². The van der Waals surface area contributed by atoms with Crippen LogP contribution < -0.4 is 5.32 Å². The molecule has 2 heterocycles. The van der Waals surface area contributed by atoms with E-state index in [0.717, 1.165) is 40.6 Å². The number of halogens is 1. The maximum absolute atomic E-state index is 6.01. The number of hydrogen-bond acceptors (Lipinski definition) is 3. The third kappa shape index (κ3) is 3.83. The highest BCUT2D eigenvalue weighted by Crippen LogP contribution is 2.22. The molecular formula is C18H16ClN3. The number of anilines is 1. The Hall–Kier alpha value is -2.39. The van der Waals surface area contributed by atoms with Crippen molar-refractivity contribution in [3.05, 3.63) is 77.7 Å². The van der Waals surface area contributed by atoms with E-state index in [1.165, 1.54) is 0 Å². The van der Waals surface area contributed by atoms with Crippen molar-refractivity contribution in [2.24, 2.45) is 0 Å². The zero-order chi connectivity index (χ0) is 15.2. The number of hydrogen-bond donors (Lipinski definition) is 1. The first kappa shape index (κ1) is 14.5. The molecule has 0 spiro atoms. The van der Waals surface area contributed by atoms with Gasteiger partial charge in [-0.2, -0.15) is 0 Å². The topological polar surface area (TPSA) is 37.8 Å². The summed E-state index contributed by atoms with van der Waals surface area (Å²) in [5.74, 6) is 0.863. The molecule has 0 fully saturated rings. The summed E-state index contributed by atoms with van der Waals surface area (Å²) in [4.78, 5) is 8.74. The summed E-state index contributed by atoms with van der Waals surface area (Å²) in [6.45, 7) is 0.806. The third-order valence-corrected chi connectivity index (χ3v) is 3.57. The molecule has 1 N–H and O–H groups in total. The molecule has 110 valence electrons. The van der Waals surface area contributed by atoms with E-state index < -0.39 is 0 Å². The Bertz CT molecular complexity index is 727. The normalized spacial score (nSPS) is 10.4. The van der Waals surface area contributed by atoms with Crippen molar-refractivity contribution in [3.8, 4) is 11.1 Å². The quantitative estimate of drug-likeness (QED) is 0.756. The number of pyridine rings is 2. The van der Waals surface area contributed by atoms with E-state index in [4.69, 9.17) is 11.6 Å². The second-order valence-corrected chi connectivity index (χ2v) is 5.38. The van der Waals surface area contributed by atoms with E-state index in [1.807, 2.05) is 67.0 Å². The first-order valence-electron chi connectivity index (χ1n) is 7.17. The molecule has 22 heavy (non-hydrogen) atoms. The molecule has 0 bridgehead atoms. The zero-order valence-electron chi connectivity index (χ0n) is 12.0. The van der Waals surface area contributed by atoms with Gasteiger partial charge in [-0.05, 0) is 42.0 Å². The molecule has 0 unspecified atom stereocenters. The van der Waals surface area contributed by atoms with Crippen molar-refractivity contribution < 1.29 is 0 Å². The van der Waals surface area contributed by atoms with Gasteiger partial charge in [0.15, 0.2) is 0 Å². The number of nitrogens with one attached hydrogen (secondary N) is 1. The predicted octanol–water partition coefficient (Wildman–Crippen LogP) is 4.45. The summed E-state index contributed by atoms with van der Waals surface area (Å²) in [6.07, 6.45) is 4.54. The van der Waals surface area contributed by atoms with Crippen molar-refractivity contribution in [2.45, 2.75) is 6.42 Å². The average Bonchev–Trinajstić information content (AvgIpc) is 2.56. The smallest absolute Gasteiger partial charge is 0.125 e. The summed E-state index contributed by atoms with van der Waals surface area (Å²) >= 11 is 6.01. The van der Waals surface area contributed by atoms with Gasteiger partial charge in [0.05, 0.1) is 0 Å². The van der Waals surface area contributed by atoms with Crippen LogP contribution in [0.2, 0.25) is 5.02 Å². The molecule has 0 radical (unpaired) electrons. The van der Waals surface area contributed by atoms with Crippen LogP contribution in [0.3, 0.4) is 0 Å². The van der Waals surface area contributed by atoms with Gasteiger partial charge < -0.3 is 5.32 Å².